The summed E-state index contributed by atoms with van der Waals surface area (Å²) < 4.78 is 1.47. The lowest BCUT2D eigenvalue weighted by Crippen LogP contribution is -2.23. The van der Waals surface area contributed by atoms with Gasteiger partial charge in [-0.1, -0.05) is 6.07 Å². The largest absolute Gasteiger partial charge is 0.326 e. The van der Waals surface area contributed by atoms with Crippen molar-refractivity contribution in [3.05, 3.63) is 35.2 Å². The summed E-state index contributed by atoms with van der Waals surface area (Å²) in [4.78, 5) is 28.2. The fraction of sp³-hybridized carbons (Fsp3) is 0.333. The van der Waals surface area contributed by atoms with Crippen LogP contribution in [0.15, 0.2) is 18.2 Å². The van der Waals surface area contributed by atoms with Crippen LogP contribution in [0.25, 0.3) is 0 Å². The van der Waals surface area contributed by atoms with E-state index in [1.807, 2.05) is 32.0 Å². The SMILES string of the molecule is Cc1nc2n(n1)[C@H](CC(=O)Nc1ccc(C)c(C)c1)C(=O)N2. The van der Waals surface area contributed by atoms with Crippen molar-refractivity contribution in [1.29, 1.82) is 0 Å². The zero-order chi connectivity index (χ0) is 15.9. The predicted octanol–water partition coefficient (Wildman–Crippen LogP) is 1.73. The molecule has 3 rings (SSSR count). The molecular formula is C15H17N5O2. The molecule has 22 heavy (non-hydrogen) atoms. The molecular weight excluding hydrogens is 282 g/mol. The minimum Gasteiger partial charge on any atom is -0.326 e. The second-order valence-corrected chi connectivity index (χ2v) is 5.48. The minimum atomic E-state index is -0.650. The Morgan fingerprint density at radius 1 is 1.32 bits per heavy atom. The number of carbonyl (C=O) groups excluding carboxylic acids is 2. The van der Waals surface area contributed by atoms with Gasteiger partial charge in [0.15, 0.2) is 0 Å². The average molecular weight is 299 g/mol. The van der Waals surface area contributed by atoms with Crippen LogP contribution in [0.5, 0.6) is 0 Å². The van der Waals surface area contributed by atoms with Crippen molar-refractivity contribution in [3.63, 3.8) is 0 Å². The van der Waals surface area contributed by atoms with Gasteiger partial charge < -0.3 is 5.32 Å². The summed E-state index contributed by atoms with van der Waals surface area (Å²) in [5.74, 6) is 0.468. The molecule has 0 radical (unpaired) electrons. The molecule has 2 aromatic rings. The third-order valence-corrected chi connectivity index (χ3v) is 3.74. The number of anilines is 2. The van der Waals surface area contributed by atoms with E-state index in [1.54, 1.807) is 6.92 Å². The van der Waals surface area contributed by atoms with E-state index in [1.165, 1.54) is 4.68 Å². The van der Waals surface area contributed by atoms with Gasteiger partial charge in [0.05, 0.1) is 6.42 Å². The van der Waals surface area contributed by atoms with Gasteiger partial charge in [-0.05, 0) is 44.0 Å². The molecule has 1 aromatic carbocycles. The van der Waals surface area contributed by atoms with Gasteiger partial charge in [0, 0.05) is 5.69 Å². The summed E-state index contributed by atoms with van der Waals surface area (Å²) in [6.07, 6.45) is 0.0224. The fourth-order valence-electron chi connectivity index (χ4n) is 2.42. The van der Waals surface area contributed by atoms with Crippen molar-refractivity contribution in [2.24, 2.45) is 0 Å². The number of carbonyl (C=O) groups is 2. The molecule has 0 spiro atoms. The molecule has 2 heterocycles. The van der Waals surface area contributed by atoms with Gasteiger partial charge in [-0.3, -0.25) is 14.9 Å². The molecule has 0 saturated heterocycles. The zero-order valence-corrected chi connectivity index (χ0v) is 12.7. The molecule has 2 N–H and O–H groups in total. The number of nitrogens with zero attached hydrogens (tertiary/aromatic N) is 3. The van der Waals surface area contributed by atoms with E-state index < -0.39 is 6.04 Å². The highest BCUT2D eigenvalue weighted by molar-refractivity contribution is 6.00. The van der Waals surface area contributed by atoms with Gasteiger partial charge in [0.2, 0.25) is 11.9 Å². The molecule has 1 aliphatic rings. The van der Waals surface area contributed by atoms with Gasteiger partial charge in [-0.15, -0.1) is 0 Å². The van der Waals surface area contributed by atoms with Crippen LogP contribution < -0.4 is 10.6 Å². The number of aryl methyl sites for hydroxylation is 3. The normalized spacial score (nSPS) is 16.3. The number of amides is 2. The lowest BCUT2D eigenvalue weighted by Gasteiger charge is -2.10. The molecule has 0 unspecified atom stereocenters. The molecule has 0 aliphatic carbocycles. The van der Waals surface area contributed by atoms with Crippen molar-refractivity contribution in [2.75, 3.05) is 10.6 Å². The number of rotatable bonds is 3. The first-order chi connectivity index (χ1) is 10.4. The maximum absolute atomic E-state index is 12.2. The Balaban J connectivity index is 1.71. The second kappa shape index (κ2) is 5.25. The van der Waals surface area contributed by atoms with Crippen LogP contribution in [-0.2, 0) is 9.59 Å². The second-order valence-electron chi connectivity index (χ2n) is 5.48. The molecule has 0 fully saturated rings. The molecule has 2 amide bonds. The Hall–Kier alpha value is -2.70. The Labute approximate surface area is 127 Å². The standard InChI is InChI=1S/C15H17N5O2/c1-8-4-5-11(6-9(8)2)17-13(21)7-12-14(22)18-15-16-10(3)19-20(12)15/h4-6,12H,7H2,1-3H3,(H,17,21)(H,16,18,19,22)/t12-/m1/s1. The first kappa shape index (κ1) is 14.2. The maximum atomic E-state index is 12.2. The van der Waals surface area contributed by atoms with Crippen molar-refractivity contribution in [3.8, 4) is 0 Å². The minimum absolute atomic E-state index is 0.0224. The van der Waals surface area contributed by atoms with Gasteiger partial charge in [-0.2, -0.15) is 10.1 Å². The van der Waals surface area contributed by atoms with Crippen LogP contribution in [0.1, 0.15) is 29.4 Å². The summed E-state index contributed by atoms with van der Waals surface area (Å²) in [5.41, 5.74) is 2.99. The molecule has 1 aromatic heterocycles. The van der Waals surface area contributed by atoms with Crippen molar-refractivity contribution < 1.29 is 9.59 Å². The third kappa shape index (κ3) is 2.57. The molecule has 7 heteroatoms. The van der Waals surface area contributed by atoms with E-state index in [-0.39, 0.29) is 18.2 Å². The lowest BCUT2D eigenvalue weighted by atomic mass is 10.1. The highest BCUT2D eigenvalue weighted by atomic mass is 16.2. The Morgan fingerprint density at radius 2 is 2.09 bits per heavy atom. The summed E-state index contributed by atoms with van der Waals surface area (Å²) >= 11 is 0. The fourth-order valence-corrected chi connectivity index (χ4v) is 2.42. The zero-order valence-electron chi connectivity index (χ0n) is 12.7. The van der Waals surface area contributed by atoms with E-state index in [9.17, 15) is 9.59 Å². The van der Waals surface area contributed by atoms with E-state index in [4.69, 9.17) is 0 Å². The van der Waals surface area contributed by atoms with E-state index in [2.05, 4.69) is 20.7 Å². The van der Waals surface area contributed by atoms with Gasteiger partial charge in [-0.25, -0.2) is 4.68 Å². The first-order valence-corrected chi connectivity index (χ1v) is 7.05. The number of hydrogen-bond acceptors (Lipinski definition) is 4. The van der Waals surface area contributed by atoms with Crippen molar-refractivity contribution in [2.45, 2.75) is 33.2 Å². The monoisotopic (exact) mass is 299 g/mol. The van der Waals surface area contributed by atoms with Gasteiger partial charge in [0.1, 0.15) is 11.9 Å². The third-order valence-electron chi connectivity index (χ3n) is 3.74. The highest BCUT2D eigenvalue weighted by Gasteiger charge is 2.34. The molecule has 0 bridgehead atoms. The van der Waals surface area contributed by atoms with Gasteiger partial charge in [0.25, 0.3) is 5.91 Å². The molecule has 7 nitrogen and oxygen atoms in total. The predicted molar refractivity (Wildman–Crippen MR) is 81.6 cm³/mol. The quantitative estimate of drug-likeness (QED) is 0.903. The smallest absolute Gasteiger partial charge is 0.252 e. The van der Waals surface area contributed by atoms with Crippen LogP contribution in [0.4, 0.5) is 11.6 Å². The molecule has 1 aliphatic heterocycles. The van der Waals surface area contributed by atoms with E-state index in [0.717, 1.165) is 16.8 Å². The Morgan fingerprint density at radius 3 is 2.82 bits per heavy atom. The number of benzene rings is 1. The van der Waals surface area contributed by atoms with E-state index >= 15 is 0 Å². The topological polar surface area (TPSA) is 88.9 Å². The molecule has 0 saturated carbocycles. The average Bonchev–Trinajstić information content (AvgIpc) is 2.92. The van der Waals surface area contributed by atoms with Gasteiger partial charge >= 0.3 is 0 Å². The van der Waals surface area contributed by atoms with Crippen LogP contribution in [0.3, 0.4) is 0 Å². The maximum Gasteiger partial charge on any atom is 0.252 e. The van der Waals surface area contributed by atoms with Crippen molar-refractivity contribution >= 4 is 23.5 Å². The lowest BCUT2D eigenvalue weighted by molar-refractivity contribution is -0.123. The van der Waals surface area contributed by atoms with Crippen LogP contribution >= 0.6 is 0 Å². The summed E-state index contributed by atoms with van der Waals surface area (Å²) in [7, 11) is 0. The summed E-state index contributed by atoms with van der Waals surface area (Å²) in [6, 6.07) is 5.06. The Bertz CT molecular complexity index is 765. The first-order valence-electron chi connectivity index (χ1n) is 7.05. The molecule has 1 atom stereocenters. The van der Waals surface area contributed by atoms with Crippen LogP contribution in [0, 0.1) is 20.8 Å². The number of nitrogens with one attached hydrogen (secondary N) is 2. The number of aromatic nitrogens is 3. The highest BCUT2D eigenvalue weighted by Crippen LogP contribution is 2.25. The summed E-state index contributed by atoms with van der Waals surface area (Å²) in [6.45, 7) is 5.74. The van der Waals surface area contributed by atoms with E-state index in [0.29, 0.717) is 11.8 Å². The van der Waals surface area contributed by atoms with Crippen molar-refractivity contribution in [1.82, 2.24) is 14.8 Å². The van der Waals surface area contributed by atoms with Crippen LogP contribution in [-0.4, -0.2) is 26.6 Å². The number of fused-ring (bicyclic) bond motifs is 1. The number of hydrogen-bond donors (Lipinski definition) is 2. The Kier molecular flexibility index (Phi) is 3.40. The summed E-state index contributed by atoms with van der Waals surface area (Å²) in [5, 5.41) is 9.59. The molecule has 114 valence electrons. The van der Waals surface area contributed by atoms with Crippen LogP contribution in [0.2, 0.25) is 0 Å².